The summed E-state index contributed by atoms with van der Waals surface area (Å²) in [6.45, 7) is -0.367. The molecule has 10 nitrogen and oxygen atoms in total. The molecule has 4 rings (SSSR count). The van der Waals surface area contributed by atoms with Crippen LogP contribution in [-0.4, -0.2) is 61.5 Å². The van der Waals surface area contributed by atoms with Crippen molar-refractivity contribution in [2.24, 2.45) is 0 Å². The summed E-state index contributed by atoms with van der Waals surface area (Å²) in [5, 5.41) is 14.0. The second-order valence-electron chi connectivity index (χ2n) is 9.18. The summed E-state index contributed by atoms with van der Waals surface area (Å²) in [4.78, 5) is 49.5. The number of carboxylic acids is 1. The van der Waals surface area contributed by atoms with Crippen molar-refractivity contribution < 1.29 is 38.5 Å². The number of methoxy groups -OCH3 is 1. The molecule has 0 saturated heterocycles. The van der Waals surface area contributed by atoms with E-state index in [-0.39, 0.29) is 25.7 Å². The van der Waals surface area contributed by atoms with Crippen molar-refractivity contribution in [1.82, 2.24) is 10.6 Å². The Bertz CT molecular complexity index is 1320. The Hall–Kier alpha value is -4.70. The molecule has 0 heterocycles. The summed E-state index contributed by atoms with van der Waals surface area (Å²) < 4.78 is 15.6. The quantitative estimate of drug-likeness (QED) is 0.294. The van der Waals surface area contributed by atoms with Crippen LogP contribution < -0.4 is 10.6 Å². The summed E-state index contributed by atoms with van der Waals surface area (Å²) in [5.74, 6) is -2.98. The van der Waals surface area contributed by atoms with Gasteiger partial charge in [0, 0.05) is 13.0 Å². The van der Waals surface area contributed by atoms with Gasteiger partial charge in [-0.2, -0.15) is 0 Å². The zero-order chi connectivity index (χ0) is 28.5. The molecule has 1 aliphatic carbocycles. The minimum Gasteiger partial charge on any atom is -0.479 e. The van der Waals surface area contributed by atoms with Crippen molar-refractivity contribution in [3.63, 3.8) is 0 Å². The van der Waals surface area contributed by atoms with Crippen LogP contribution >= 0.6 is 0 Å². The van der Waals surface area contributed by atoms with E-state index in [0.29, 0.717) is 0 Å². The summed E-state index contributed by atoms with van der Waals surface area (Å²) >= 11 is 0. The number of ether oxygens (including phenoxy) is 3. The topological polar surface area (TPSA) is 140 Å². The van der Waals surface area contributed by atoms with Crippen LogP contribution in [-0.2, 0) is 35.2 Å². The molecule has 0 aliphatic heterocycles. The van der Waals surface area contributed by atoms with E-state index < -0.39 is 42.5 Å². The Balaban J connectivity index is 1.40. The van der Waals surface area contributed by atoms with Gasteiger partial charge in [-0.15, -0.1) is 0 Å². The van der Waals surface area contributed by atoms with Gasteiger partial charge in [0.05, 0.1) is 13.0 Å². The summed E-state index contributed by atoms with van der Waals surface area (Å²) in [6.07, 6.45) is -2.70. The molecule has 2 atom stereocenters. The number of esters is 1. The highest BCUT2D eigenvalue weighted by atomic mass is 16.6. The predicted molar refractivity (Wildman–Crippen MR) is 144 cm³/mol. The molecule has 0 bridgehead atoms. The molecule has 3 aromatic rings. The number of rotatable bonds is 12. The second-order valence-corrected chi connectivity index (χ2v) is 9.18. The number of carboxylic acid groups (broad SMARTS) is 1. The maximum absolute atomic E-state index is 12.9. The Labute approximate surface area is 231 Å². The van der Waals surface area contributed by atoms with Gasteiger partial charge < -0.3 is 30.0 Å². The normalized spacial score (nSPS) is 13.3. The van der Waals surface area contributed by atoms with E-state index in [1.807, 2.05) is 54.6 Å². The van der Waals surface area contributed by atoms with Crippen molar-refractivity contribution in [1.29, 1.82) is 0 Å². The lowest BCUT2D eigenvalue weighted by Crippen LogP contribution is -2.50. The van der Waals surface area contributed by atoms with Crippen molar-refractivity contribution >= 4 is 23.9 Å². The highest BCUT2D eigenvalue weighted by Gasteiger charge is 2.31. The number of alkyl carbamates (subject to hydrolysis) is 1. The van der Waals surface area contributed by atoms with Crippen molar-refractivity contribution in [3.05, 3.63) is 95.6 Å². The van der Waals surface area contributed by atoms with E-state index in [1.54, 1.807) is 24.3 Å². The van der Waals surface area contributed by atoms with E-state index in [0.717, 1.165) is 27.8 Å². The fourth-order valence-electron chi connectivity index (χ4n) is 4.54. The van der Waals surface area contributed by atoms with Crippen LogP contribution in [0.15, 0.2) is 78.9 Å². The van der Waals surface area contributed by atoms with E-state index in [1.165, 1.54) is 7.11 Å². The number of benzene rings is 3. The lowest BCUT2D eigenvalue weighted by Gasteiger charge is -2.20. The second kappa shape index (κ2) is 13.4. The van der Waals surface area contributed by atoms with Gasteiger partial charge in [-0.05, 0) is 27.8 Å². The molecule has 3 aromatic carbocycles. The van der Waals surface area contributed by atoms with Crippen LogP contribution in [0.2, 0.25) is 0 Å². The number of aliphatic carboxylic acids is 1. The molecule has 10 heteroatoms. The van der Waals surface area contributed by atoms with Gasteiger partial charge in [-0.25, -0.2) is 9.59 Å². The van der Waals surface area contributed by atoms with Gasteiger partial charge in [0.2, 0.25) is 5.91 Å². The number of carbonyl (C=O) groups excluding carboxylic acids is 3. The highest BCUT2D eigenvalue weighted by Crippen LogP contribution is 2.44. The Morgan fingerprint density at radius 2 is 1.45 bits per heavy atom. The number of hydrogen-bond acceptors (Lipinski definition) is 7. The van der Waals surface area contributed by atoms with Crippen molar-refractivity contribution in [2.45, 2.75) is 31.1 Å². The van der Waals surface area contributed by atoms with E-state index >= 15 is 0 Å². The van der Waals surface area contributed by atoms with Gasteiger partial charge in [-0.1, -0.05) is 78.9 Å². The molecule has 3 N–H and O–H groups in total. The molecule has 1 unspecified atom stereocenters. The van der Waals surface area contributed by atoms with E-state index in [2.05, 4.69) is 10.6 Å². The first-order chi connectivity index (χ1) is 19.4. The minimum atomic E-state index is -1.37. The third-order valence-corrected chi connectivity index (χ3v) is 6.59. The minimum absolute atomic E-state index is 0.0102. The molecular weight excluding hydrogens is 516 g/mol. The summed E-state index contributed by atoms with van der Waals surface area (Å²) in [5.41, 5.74) is 4.93. The van der Waals surface area contributed by atoms with Crippen LogP contribution in [0.4, 0.5) is 4.79 Å². The molecule has 0 spiro atoms. The van der Waals surface area contributed by atoms with Crippen molar-refractivity contribution in [2.75, 3.05) is 20.3 Å². The van der Waals surface area contributed by atoms with Gasteiger partial charge >= 0.3 is 18.0 Å². The number of hydrogen-bond donors (Lipinski definition) is 3. The molecule has 2 amide bonds. The lowest BCUT2D eigenvalue weighted by molar-refractivity contribution is -0.149. The van der Waals surface area contributed by atoms with Crippen molar-refractivity contribution in [3.8, 4) is 11.1 Å². The van der Waals surface area contributed by atoms with Gasteiger partial charge in [-0.3, -0.25) is 9.59 Å². The first-order valence-electron chi connectivity index (χ1n) is 12.7. The Kier molecular flexibility index (Phi) is 9.48. The number of fused-ring (bicyclic) bond motifs is 3. The predicted octanol–water partition coefficient (Wildman–Crippen LogP) is 3.24. The van der Waals surface area contributed by atoms with E-state index in [9.17, 15) is 19.2 Å². The fourth-order valence-corrected chi connectivity index (χ4v) is 4.54. The lowest BCUT2D eigenvalue weighted by atomic mass is 9.98. The highest BCUT2D eigenvalue weighted by molar-refractivity contribution is 5.90. The molecule has 0 aromatic heterocycles. The summed E-state index contributed by atoms with van der Waals surface area (Å²) in [6, 6.07) is 23.3. The van der Waals surface area contributed by atoms with Gasteiger partial charge in [0.1, 0.15) is 19.3 Å². The maximum Gasteiger partial charge on any atom is 0.407 e. The van der Waals surface area contributed by atoms with Crippen LogP contribution in [0.5, 0.6) is 0 Å². The molecule has 0 fully saturated rings. The Morgan fingerprint density at radius 3 is 2.05 bits per heavy atom. The molecule has 40 heavy (non-hydrogen) atoms. The third kappa shape index (κ3) is 7.03. The average molecular weight is 547 g/mol. The summed E-state index contributed by atoms with van der Waals surface area (Å²) in [7, 11) is 1.19. The zero-order valence-electron chi connectivity index (χ0n) is 21.9. The first-order valence-corrected chi connectivity index (χ1v) is 12.7. The first kappa shape index (κ1) is 28.3. The molecule has 0 radical (unpaired) electrons. The molecular formula is C30H30N2O8. The fraction of sp³-hybridized carbons (Fsp3) is 0.267. The van der Waals surface area contributed by atoms with Gasteiger partial charge in [0.25, 0.3) is 0 Å². The molecule has 0 saturated carbocycles. The zero-order valence-corrected chi connectivity index (χ0v) is 21.9. The number of carbonyl (C=O) groups is 4. The van der Waals surface area contributed by atoms with Crippen LogP contribution in [0, 0.1) is 0 Å². The van der Waals surface area contributed by atoms with Crippen LogP contribution in [0.3, 0.4) is 0 Å². The van der Waals surface area contributed by atoms with Crippen LogP contribution in [0.25, 0.3) is 11.1 Å². The monoisotopic (exact) mass is 546 g/mol. The largest absolute Gasteiger partial charge is 0.479 e. The number of amides is 2. The molecule has 1 aliphatic rings. The SMILES string of the molecule is COC(CNC(=O)[C@H](CC(=O)OCc1ccccc1)NC(=O)OCC1c2ccccc2-c2ccccc21)C(=O)O. The average Bonchev–Trinajstić information content (AvgIpc) is 3.29. The number of nitrogens with one attached hydrogen (secondary N) is 2. The smallest absolute Gasteiger partial charge is 0.407 e. The molecule has 208 valence electrons. The standard InChI is InChI=1S/C30H30N2O8/c1-38-26(29(35)36)16-31-28(34)25(15-27(33)39-17-19-9-3-2-4-10-19)32-30(37)40-18-24-22-13-7-5-11-20(22)21-12-6-8-14-23(21)24/h2-14,24-26H,15-18H2,1H3,(H,31,34)(H,32,37)(H,35,36)/t25-,26?/m0/s1. The maximum atomic E-state index is 12.9. The van der Waals surface area contributed by atoms with Gasteiger partial charge in [0.15, 0.2) is 6.10 Å². The third-order valence-electron chi connectivity index (χ3n) is 6.59. The van der Waals surface area contributed by atoms with Crippen LogP contribution in [0.1, 0.15) is 29.0 Å². The Morgan fingerprint density at radius 1 is 0.850 bits per heavy atom. The van der Waals surface area contributed by atoms with E-state index in [4.69, 9.17) is 19.3 Å².